The van der Waals surface area contributed by atoms with E-state index in [1.54, 1.807) is 6.08 Å². The molecule has 9 N–H and O–H groups in total. The molecule has 0 saturated carbocycles. The second-order valence-corrected chi connectivity index (χ2v) is 19.4. The van der Waals surface area contributed by atoms with Gasteiger partial charge in [-0.1, -0.05) is 186 Å². The lowest BCUT2D eigenvalue weighted by Gasteiger charge is -2.46. The van der Waals surface area contributed by atoms with Crippen molar-refractivity contribution >= 4 is 5.91 Å². The van der Waals surface area contributed by atoms with Gasteiger partial charge in [0, 0.05) is 6.42 Å². The van der Waals surface area contributed by atoms with Crippen molar-refractivity contribution in [1.29, 1.82) is 0 Å². The lowest BCUT2D eigenvalue weighted by atomic mass is 9.97. The maximum absolute atomic E-state index is 13.2. The highest BCUT2D eigenvalue weighted by Crippen LogP contribution is 2.30. The Kier molecular flexibility index (Phi) is 36.9. The summed E-state index contributed by atoms with van der Waals surface area (Å²) >= 11 is 0. The predicted molar refractivity (Wildman–Crippen MR) is 263 cm³/mol. The van der Waals surface area contributed by atoms with E-state index < -0.39 is 86.8 Å². The Bertz CT molecular complexity index is 1220. The minimum absolute atomic E-state index is 0.243. The van der Waals surface area contributed by atoms with E-state index in [0.717, 1.165) is 44.9 Å². The highest BCUT2D eigenvalue weighted by atomic mass is 16.7. The molecule has 2 aliphatic heterocycles. The molecule has 12 atom stereocenters. The van der Waals surface area contributed by atoms with Gasteiger partial charge in [-0.15, -0.1) is 0 Å². The number of hydrogen-bond acceptors (Lipinski definition) is 13. The van der Waals surface area contributed by atoms with Gasteiger partial charge in [0.1, 0.15) is 48.8 Å². The lowest BCUT2D eigenvalue weighted by Crippen LogP contribution is -2.65. The zero-order chi connectivity index (χ0) is 48.9. The normalized spacial score (nSPS) is 26.7. The Balaban J connectivity index is 1.82. The van der Waals surface area contributed by atoms with Crippen LogP contribution in [0.5, 0.6) is 0 Å². The summed E-state index contributed by atoms with van der Waals surface area (Å²) in [7, 11) is 0. The second-order valence-electron chi connectivity index (χ2n) is 19.4. The van der Waals surface area contributed by atoms with Crippen molar-refractivity contribution in [3.63, 3.8) is 0 Å². The standard InChI is InChI=1S/C53H99NO13/c1-3-5-7-9-11-13-15-17-19-20-21-23-25-27-29-31-33-35-37-45(58)54-41(42(57)36-34-32-30-28-26-24-22-18-16-14-12-10-8-6-4-2)40-64-52-50(63)48(61)51(44(39-56)66-52)67-53-49(62)47(60)46(59)43(38-55)65-53/h19-20,34,36,41-44,46-53,55-57,59-63H,3-18,21-33,35,37-40H2,1-2H3,(H,54,58)/b20-19-,36-34+. The van der Waals surface area contributed by atoms with E-state index in [2.05, 4.69) is 31.3 Å². The Morgan fingerprint density at radius 3 is 1.42 bits per heavy atom. The SMILES string of the molecule is CCCCCCCCC/C=C\CCCCCCCCCC(=O)NC(COC1OC(CO)C(OC2OC(CO)C(O)C(O)C2O)C(O)C1O)C(O)/C=C/CCCCCCCCCCCCCCC. The van der Waals surface area contributed by atoms with E-state index in [1.165, 1.54) is 141 Å². The van der Waals surface area contributed by atoms with Crippen molar-refractivity contribution in [2.75, 3.05) is 19.8 Å². The number of rotatable bonds is 42. The average Bonchev–Trinajstić information content (AvgIpc) is 3.32. The van der Waals surface area contributed by atoms with Gasteiger partial charge < -0.3 is 65.1 Å². The number of unbranched alkanes of at least 4 members (excludes halogenated alkanes) is 27. The molecule has 12 unspecified atom stereocenters. The number of allylic oxidation sites excluding steroid dienone is 3. The molecule has 0 spiro atoms. The van der Waals surface area contributed by atoms with Crippen LogP contribution in [0.1, 0.15) is 213 Å². The van der Waals surface area contributed by atoms with Crippen molar-refractivity contribution < 1.29 is 64.6 Å². The molecule has 0 aromatic carbocycles. The number of ether oxygens (including phenoxy) is 4. The molecular weight excluding hydrogens is 859 g/mol. The fourth-order valence-electron chi connectivity index (χ4n) is 8.93. The molecule has 14 nitrogen and oxygen atoms in total. The van der Waals surface area contributed by atoms with Crippen LogP contribution >= 0.6 is 0 Å². The minimum Gasteiger partial charge on any atom is -0.394 e. The third kappa shape index (κ3) is 27.0. The van der Waals surface area contributed by atoms with Gasteiger partial charge in [-0.25, -0.2) is 0 Å². The first-order valence-electron chi connectivity index (χ1n) is 27.1. The largest absolute Gasteiger partial charge is 0.394 e. The summed E-state index contributed by atoms with van der Waals surface area (Å²) in [5, 5.41) is 86.8. The summed E-state index contributed by atoms with van der Waals surface area (Å²) in [5.41, 5.74) is 0. The molecule has 0 aromatic heterocycles. The smallest absolute Gasteiger partial charge is 0.220 e. The molecular formula is C53H99NO13. The summed E-state index contributed by atoms with van der Waals surface area (Å²) in [6, 6.07) is -0.913. The summed E-state index contributed by atoms with van der Waals surface area (Å²) in [6.07, 6.45) is 27.8. The number of carbonyl (C=O) groups excluding carboxylic acids is 1. The molecule has 67 heavy (non-hydrogen) atoms. The van der Waals surface area contributed by atoms with Crippen LogP contribution in [0.4, 0.5) is 0 Å². The zero-order valence-electron chi connectivity index (χ0n) is 41.9. The third-order valence-corrected chi connectivity index (χ3v) is 13.4. The van der Waals surface area contributed by atoms with Gasteiger partial charge in [0.2, 0.25) is 5.91 Å². The molecule has 0 bridgehead atoms. The molecule has 2 saturated heterocycles. The Morgan fingerprint density at radius 1 is 0.522 bits per heavy atom. The molecule has 394 valence electrons. The van der Waals surface area contributed by atoms with Crippen LogP contribution in [0.3, 0.4) is 0 Å². The summed E-state index contributed by atoms with van der Waals surface area (Å²) in [4.78, 5) is 13.2. The number of aliphatic hydroxyl groups excluding tert-OH is 8. The van der Waals surface area contributed by atoms with Gasteiger partial charge in [-0.2, -0.15) is 0 Å². The average molecular weight is 958 g/mol. The van der Waals surface area contributed by atoms with Gasteiger partial charge in [0.25, 0.3) is 0 Å². The minimum atomic E-state index is -1.79. The van der Waals surface area contributed by atoms with Gasteiger partial charge in [0.15, 0.2) is 12.6 Å². The van der Waals surface area contributed by atoms with E-state index in [-0.39, 0.29) is 18.9 Å². The van der Waals surface area contributed by atoms with Crippen LogP contribution in [-0.2, 0) is 23.7 Å². The van der Waals surface area contributed by atoms with Crippen LogP contribution in [0.15, 0.2) is 24.3 Å². The van der Waals surface area contributed by atoms with Crippen LogP contribution in [0.2, 0.25) is 0 Å². The van der Waals surface area contributed by atoms with Gasteiger partial charge in [0.05, 0.1) is 32.0 Å². The molecule has 2 rings (SSSR count). The van der Waals surface area contributed by atoms with Crippen LogP contribution in [-0.4, -0.2) is 140 Å². The number of amides is 1. The monoisotopic (exact) mass is 958 g/mol. The lowest BCUT2D eigenvalue weighted by molar-refractivity contribution is -0.359. The van der Waals surface area contributed by atoms with Crippen LogP contribution in [0, 0.1) is 0 Å². The molecule has 2 heterocycles. The summed E-state index contributed by atoms with van der Waals surface area (Å²) in [6.45, 7) is 2.79. The molecule has 14 heteroatoms. The molecule has 2 aliphatic rings. The maximum Gasteiger partial charge on any atom is 0.220 e. The summed E-state index contributed by atoms with van der Waals surface area (Å²) < 4.78 is 22.7. The Morgan fingerprint density at radius 2 is 0.940 bits per heavy atom. The maximum atomic E-state index is 13.2. The number of nitrogens with one attached hydrogen (secondary N) is 1. The first-order valence-corrected chi connectivity index (χ1v) is 27.1. The van der Waals surface area contributed by atoms with E-state index in [9.17, 15) is 45.6 Å². The number of carbonyl (C=O) groups is 1. The number of aliphatic hydroxyl groups is 8. The molecule has 0 aliphatic carbocycles. The van der Waals surface area contributed by atoms with Gasteiger partial charge in [-0.05, 0) is 44.9 Å². The van der Waals surface area contributed by atoms with Crippen LogP contribution in [0.25, 0.3) is 0 Å². The van der Waals surface area contributed by atoms with Gasteiger partial charge >= 0.3 is 0 Å². The summed E-state index contributed by atoms with van der Waals surface area (Å²) in [5.74, 6) is -0.243. The fraction of sp³-hybridized carbons (Fsp3) is 0.906. The number of hydrogen-bond donors (Lipinski definition) is 9. The Labute approximate surface area is 405 Å². The van der Waals surface area contributed by atoms with Crippen molar-refractivity contribution in [2.45, 2.75) is 286 Å². The Hall–Kier alpha value is -1.53. The quantitative estimate of drug-likeness (QED) is 0.0211. The third-order valence-electron chi connectivity index (χ3n) is 13.4. The van der Waals surface area contributed by atoms with E-state index in [0.29, 0.717) is 6.42 Å². The molecule has 0 radical (unpaired) electrons. The van der Waals surface area contributed by atoms with Crippen molar-refractivity contribution in [3.05, 3.63) is 24.3 Å². The van der Waals surface area contributed by atoms with E-state index in [4.69, 9.17) is 18.9 Å². The fourth-order valence-corrected chi connectivity index (χ4v) is 8.93. The first-order chi connectivity index (χ1) is 32.6. The van der Waals surface area contributed by atoms with E-state index >= 15 is 0 Å². The molecule has 0 aromatic rings. The predicted octanol–water partition coefficient (Wildman–Crippen LogP) is 7.72. The zero-order valence-corrected chi connectivity index (χ0v) is 41.9. The molecule has 1 amide bonds. The van der Waals surface area contributed by atoms with Gasteiger partial charge in [-0.3, -0.25) is 4.79 Å². The second kappa shape index (κ2) is 40.1. The highest BCUT2D eigenvalue weighted by molar-refractivity contribution is 5.76. The highest BCUT2D eigenvalue weighted by Gasteiger charge is 2.51. The van der Waals surface area contributed by atoms with E-state index in [1.807, 2.05) is 6.08 Å². The van der Waals surface area contributed by atoms with Crippen molar-refractivity contribution in [3.8, 4) is 0 Å². The van der Waals surface area contributed by atoms with Crippen LogP contribution < -0.4 is 5.32 Å². The molecule has 2 fully saturated rings. The van der Waals surface area contributed by atoms with Crippen molar-refractivity contribution in [2.24, 2.45) is 0 Å². The topological polar surface area (TPSA) is 228 Å². The van der Waals surface area contributed by atoms with Crippen molar-refractivity contribution in [1.82, 2.24) is 5.32 Å². The first kappa shape index (κ1) is 61.6.